The molecule has 0 radical (unpaired) electrons. The Morgan fingerprint density at radius 1 is 1.42 bits per heavy atom. The van der Waals surface area contributed by atoms with Crippen LogP contribution in [0.2, 0.25) is 0 Å². The molecule has 2 aliphatic rings. The SMILES string of the molecule is CCC1(C(=O)NC2(C(=O)O)CCOC2)CCCNC1. The highest BCUT2D eigenvalue weighted by atomic mass is 16.5. The lowest BCUT2D eigenvalue weighted by molar-refractivity contribution is -0.150. The highest BCUT2D eigenvalue weighted by Crippen LogP contribution is 2.32. The summed E-state index contributed by atoms with van der Waals surface area (Å²) in [5, 5.41) is 15.3. The van der Waals surface area contributed by atoms with E-state index in [1.165, 1.54) is 0 Å². The smallest absolute Gasteiger partial charge is 0.331 e. The van der Waals surface area contributed by atoms with E-state index in [4.69, 9.17) is 4.74 Å². The minimum Gasteiger partial charge on any atom is -0.479 e. The van der Waals surface area contributed by atoms with Gasteiger partial charge in [0.05, 0.1) is 12.0 Å². The second-order valence-electron chi connectivity index (χ2n) is 5.56. The number of nitrogens with one attached hydrogen (secondary N) is 2. The largest absolute Gasteiger partial charge is 0.479 e. The molecule has 2 unspecified atom stereocenters. The highest BCUT2D eigenvalue weighted by molar-refractivity contribution is 5.90. The predicted octanol–water partition coefficient (Wildman–Crippen LogP) is 0.126. The van der Waals surface area contributed by atoms with Crippen molar-refractivity contribution in [2.75, 3.05) is 26.3 Å². The lowest BCUT2D eigenvalue weighted by atomic mass is 9.76. The molecule has 0 spiro atoms. The van der Waals surface area contributed by atoms with Crippen LogP contribution in [0.5, 0.6) is 0 Å². The first-order valence-corrected chi connectivity index (χ1v) is 6.89. The van der Waals surface area contributed by atoms with Crippen molar-refractivity contribution >= 4 is 11.9 Å². The lowest BCUT2D eigenvalue weighted by Crippen LogP contribution is -2.61. The van der Waals surface area contributed by atoms with Crippen molar-refractivity contribution in [3.8, 4) is 0 Å². The van der Waals surface area contributed by atoms with Gasteiger partial charge in [-0.25, -0.2) is 4.79 Å². The van der Waals surface area contributed by atoms with Gasteiger partial charge in [0.1, 0.15) is 0 Å². The van der Waals surface area contributed by atoms with Gasteiger partial charge in [0.25, 0.3) is 0 Å². The van der Waals surface area contributed by atoms with E-state index in [2.05, 4.69) is 10.6 Å². The van der Waals surface area contributed by atoms with Gasteiger partial charge in [-0.15, -0.1) is 0 Å². The normalized spacial score (nSPS) is 35.0. The summed E-state index contributed by atoms with van der Waals surface area (Å²) in [7, 11) is 0. The van der Waals surface area contributed by atoms with E-state index in [-0.39, 0.29) is 12.5 Å². The fraction of sp³-hybridized carbons (Fsp3) is 0.846. The van der Waals surface area contributed by atoms with Crippen LogP contribution in [0.15, 0.2) is 0 Å². The molecule has 2 atom stereocenters. The van der Waals surface area contributed by atoms with Gasteiger partial charge in [0, 0.05) is 19.6 Å². The molecule has 6 heteroatoms. The maximum atomic E-state index is 12.5. The summed E-state index contributed by atoms with van der Waals surface area (Å²) < 4.78 is 5.17. The fourth-order valence-corrected chi connectivity index (χ4v) is 2.86. The summed E-state index contributed by atoms with van der Waals surface area (Å²) in [4.78, 5) is 24.0. The molecule has 0 aromatic heterocycles. The van der Waals surface area contributed by atoms with Gasteiger partial charge in [0.2, 0.25) is 5.91 Å². The number of carboxylic acid groups (broad SMARTS) is 1. The van der Waals surface area contributed by atoms with E-state index in [0.717, 1.165) is 19.4 Å². The van der Waals surface area contributed by atoms with Crippen LogP contribution < -0.4 is 10.6 Å². The number of carbonyl (C=O) groups is 2. The average molecular weight is 270 g/mol. The van der Waals surface area contributed by atoms with Crippen LogP contribution in [0, 0.1) is 5.41 Å². The van der Waals surface area contributed by atoms with Crippen molar-refractivity contribution in [2.45, 2.75) is 38.1 Å². The zero-order chi connectivity index (χ0) is 13.9. The summed E-state index contributed by atoms with van der Waals surface area (Å²) in [6, 6.07) is 0. The van der Waals surface area contributed by atoms with Gasteiger partial charge in [-0.3, -0.25) is 4.79 Å². The van der Waals surface area contributed by atoms with Gasteiger partial charge < -0.3 is 20.5 Å². The van der Waals surface area contributed by atoms with Gasteiger partial charge in [-0.1, -0.05) is 6.92 Å². The Balaban J connectivity index is 2.12. The van der Waals surface area contributed by atoms with E-state index in [1.54, 1.807) is 0 Å². The molecule has 0 aromatic rings. The summed E-state index contributed by atoms with van der Waals surface area (Å²) >= 11 is 0. The van der Waals surface area contributed by atoms with E-state index >= 15 is 0 Å². The lowest BCUT2D eigenvalue weighted by Gasteiger charge is -2.38. The average Bonchev–Trinajstić information content (AvgIpc) is 2.89. The standard InChI is InChI=1S/C13H22N2O4/c1-2-12(4-3-6-14-8-12)10(16)15-13(11(17)18)5-7-19-9-13/h14H,2-9H2,1H3,(H,15,16)(H,17,18). The predicted molar refractivity (Wildman–Crippen MR) is 68.8 cm³/mol. The molecule has 2 aliphatic heterocycles. The maximum Gasteiger partial charge on any atom is 0.331 e. The van der Waals surface area contributed by atoms with E-state index in [1.807, 2.05) is 6.92 Å². The van der Waals surface area contributed by atoms with Crippen molar-refractivity contribution in [1.82, 2.24) is 10.6 Å². The van der Waals surface area contributed by atoms with Crippen LogP contribution in [-0.4, -0.2) is 48.8 Å². The molecule has 2 rings (SSSR count). The molecular weight excluding hydrogens is 248 g/mol. The number of hydrogen-bond acceptors (Lipinski definition) is 4. The third-order valence-corrected chi connectivity index (χ3v) is 4.41. The first kappa shape index (κ1) is 14.3. The van der Waals surface area contributed by atoms with E-state index in [0.29, 0.717) is 26.0 Å². The Bertz CT molecular complexity index is 358. The van der Waals surface area contributed by atoms with Gasteiger partial charge in [-0.05, 0) is 25.8 Å². The Kier molecular flexibility index (Phi) is 4.10. The highest BCUT2D eigenvalue weighted by Gasteiger charge is 2.48. The minimum absolute atomic E-state index is 0.0568. The zero-order valence-corrected chi connectivity index (χ0v) is 11.3. The van der Waals surface area contributed by atoms with Crippen LogP contribution in [0.1, 0.15) is 32.6 Å². The summed E-state index contributed by atoms with van der Waals surface area (Å²) in [5.41, 5.74) is -1.72. The Morgan fingerprint density at radius 2 is 2.21 bits per heavy atom. The first-order valence-electron chi connectivity index (χ1n) is 6.89. The topological polar surface area (TPSA) is 87.7 Å². The van der Waals surface area contributed by atoms with Crippen molar-refractivity contribution in [1.29, 1.82) is 0 Å². The molecular formula is C13H22N2O4. The molecule has 3 N–H and O–H groups in total. The Labute approximate surface area is 112 Å². The molecule has 1 amide bonds. The van der Waals surface area contributed by atoms with Crippen LogP contribution >= 0.6 is 0 Å². The maximum absolute atomic E-state index is 12.5. The number of ether oxygens (including phenoxy) is 1. The minimum atomic E-state index is -1.24. The molecule has 19 heavy (non-hydrogen) atoms. The van der Waals surface area contributed by atoms with Crippen LogP contribution in [0.3, 0.4) is 0 Å². The van der Waals surface area contributed by atoms with Crippen molar-refractivity contribution in [3.63, 3.8) is 0 Å². The number of carbonyl (C=O) groups excluding carboxylic acids is 1. The van der Waals surface area contributed by atoms with Crippen LogP contribution in [-0.2, 0) is 14.3 Å². The van der Waals surface area contributed by atoms with Crippen LogP contribution in [0.25, 0.3) is 0 Å². The molecule has 6 nitrogen and oxygen atoms in total. The quantitative estimate of drug-likeness (QED) is 0.675. The number of carboxylic acids is 1. The van der Waals surface area contributed by atoms with Gasteiger partial charge >= 0.3 is 5.97 Å². The van der Waals surface area contributed by atoms with Crippen LogP contribution in [0.4, 0.5) is 0 Å². The fourth-order valence-electron chi connectivity index (χ4n) is 2.86. The van der Waals surface area contributed by atoms with Crippen molar-refractivity contribution < 1.29 is 19.4 Å². The van der Waals surface area contributed by atoms with Gasteiger partial charge in [-0.2, -0.15) is 0 Å². The molecule has 108 valence electrons. The number of hydrogen-bond donors (Lipinski definition) is 3. The molecule has 0 aliphatic carbocycles. The van der Waals surface area contributed by atoms with E-state index in [9.17, 15) is 14.7 Å². The summed E-state index contributed by atoms with van der Waals surface area (Å²) in [5.74, 6) is -1.16. The molecule has 0 bridgehead atoms. The van der Waals surface area contributed by atoms with Crippen molar-refractivity contribution in [3.05, 3.63) is 0 Å². The third-order valence-electron chi connectivity index (χ3n) is 4.41. The second-order valence-corrected chi connectivity index (χ2v) is 5.56. The summed E-state index contributed by atoms with van der Waals surface area (Å²) in [6.07, 6.45) is 2.79. The first-order chi connectivity index (χ1) is 9.05. The molecule has 0 saturated carbocycles. The van der Waals surface area contributed by atoms with Crippen molar-refractivity contribution in [2.24, 2.45) is 5.41 Å². The van der Waals surface area contributed by atoms with E-state index < -0.39 is 16.9 Å². The molecule has 2 saturated heterocycles. The van der Waals surface area contributed by atoms with Gasteiger partial charge in [0.15, 0.2) is 5.54 Å². The second kappa shape index (κ2) is 5.46. The monoisotopic (exact) mass is 270 g/mol. The number of rotatable bonds is 4. The number of aliphatic carboxylic acids is 1. The molecule has 2 fully saturated rings. The third kappa shape index (κ3) is 2.60. The number of piperidine rings is 1. The summed E-state index contributed by atoms with van der Waals surface area (Å²) in [6.45, 7) is 3.95. The molecule has 2 heterocycles. The zero-order valence-electron chi connectivity index (χ0n) is 11.3. The Morgan fingerprint density at radius 3 is 2.68 bits per heavy atom. The Hall–Kier alpha value is -1.14. The molecule has 0 aromatic carbocycles. The number of amides is 1.